The summed E-state index contributed by atoms with van der Waals surface area (Å²) in [5.41, 5.74) is 7.56. The van der Waals surface area contributed by atoms with Gasteiger partial charge in [0.1, 0.15) is 11.6 Å². The summed E-state index contributed by atoms with van der Waals surface area (Å²) in [6, 6.07) is 15.8. The first-order valence-electron chi connectivity index (χ1n) is 9.20. The monoisotopic (exact) mass is 394 g/mol. The van der Waals surface area contributed by atoms with Crippen LogP contribution in [0.5, 0.6) is 5.75 Å². The predicted octanol–water partition coefficient (Wildman–Crippen LogP) is 2.66. The second-order valence-corrected chi connectivity index (χ2v) is 7.78. The Kier molecular flexibility index (Phi) is 5.27. The van der Waals surface area contributed by atoms with Gasteiger partial charge in [-0.3, -0.25) is 10.2 Å². The number of nitrogens with one attached hydrogen (secondary N) is 2. The van der Waals surface area contributed by atoms with E-state index in [1.165, 1.54) is 11.3 Å². The van der Waals surface area contributed by atoms with Crippen LogP contribution in [0.2, 0.25) is 0 Å². The second kappa shape index (κ2) is 8.00. The van der Waals surface area contributed by atoms with Gasteiger partial charge in [0, 0.05) is 36.4 Å². The number of benzene rings is 2. The molecule has 0 unspecified atom stereocenters. The van der Waals surface area contributed by atoms with Gasteiger partial charge in [0.15, 0.2) is 6.61 Å². The third-order valence-electron chi connectivity index (χ3n) is 4.80. The molecule has 4 N–H and O–H groups in total. The van der Waals surface area contributed by atoms with Crippen molar-refractivity contribution < 1.29 is 9.53 Å². The maximum absolute atomic E-state index is 12.4. The fourth-order valence-electron chi connectivity index (χ4n) is 3.32. The SMILES string of the molecule is N=C(N)c1cc2cc(-c3ccccc3OCC(=O)N3CCNCC3)ccc2s1. The molecule has 2 heterocycles. The van der Waals surface area contributed by atoms with Crippen LogP contribution in [-0.4, -0.2) is 49.4 Å². The minimum atomic E-state index is 0.00990. The zero-order valence-corrected chi connectivity index (χ0v) is 16.2. The van der Waals surface area contributed by atoms with Crippen LogP contribution >= 0.6 is 11.3 Å². The van der Waals surface area contributed by atoms with E-state index < -0.39 is 0 Å². The van der Waals surface area contributed by atoms with Crippen LogP contribution in [0, 0.1) is 5.41 Å². The van der Waals surface area contributed by atoms with Crippen LogP contribution in [0.3, 0.4) is 0 Å². The summed E-state index contributed by atoms with van der Waals surface area (Å²) in [5, 5.41) is 11.9. The van der Waals surface area contributed by atoms with Crippen molar-refractivity contribution in [1.29, 1.82) is 5.41 Å². The van der Waals surface area contributed by atoms with Crippen molar-refractivity contribution in [2.45, 2.75) is 0 Å². The molecule has 1 aliphatic heterocycles. The Morgan fingerprint density at radius 1 is 1.18 bits per heavy atom. The molecule has 1 aromatic heterocycles. The largest absolute Gasteiger partial charge is 0.483 e. The number of para-hydroxylation sites is 1. The predicted molar refractivity (Wildman–Crippen MR) is 113 cm³/mol. The van der Waals surface area contributed by atoms with Crippen molar-refractivity contribution in [2.24, 2.45) is 5.73 Å². The maximum atomic E-state index is 12.4. The number of hydrogen-bond acceptors (Lipinski definition) is 5. The van der Waals surface area contributed by atoms with E-state index >= 15 is 0 Å². The number of thiophene rings is 1. The molecule has 1 amide bonds. The van der Waals surface area contributed by atoms with E-state index in [0.717, 1.165) is 52.3 Å². The standard InChI is InChI=1S/C21H22N4O2S/c22-21(23)19-12-15-11-14(5-6-18(15)28-19)16-3-1-2-4-17(16)27-13-20(26)25-9-7-24-8-10-25/h1-6,11-12,24H,7-10,13H2,(H3,22,23). The Labute approximate surface area is 167 Å². The number of nitrogens with zero attached hydrogens (tertiary/aromatic N) is 1. The van der Waals surface area contributed by atoms with E-state index in [9.17, 15) is 4.79 Å². The van der Waals surface area contributed by atoms with Crippen LogP contribution < -0.4 is 15.8 Å². The fraction of sp³-hybridized carbons (Fsp3) is 0.238. The van der Waals surface area contributed by atoms with Gasteiger partial charge in [-0.1, -0.05) is 24.3 Å². The van der Waals surface area contributed by atoms with Gasteiger partial charge in [-0.2, -0.15) is 0 Å². The van der Waals surface area contributed by atoms with Crippen LogP contribution in [0.1, 0.15) is 4.88 Å². The number of carbonyl (C=O) groups excluding carboxylic acids is 1. The Morgan fingerprint density at radius 2 is 1.96 bits per heavy atom. The molecule has 0 saturated carbocycles. The Morgan fingerprint density at radius 3 is 2.75 bits per heavy atom. The lowest BCUT2D eigenvalue weighted by atomic mass is 10.0. The zero-order chi connectivity index (χ0) is 19.5. The number of amides is 1. The van der Waals surface area contributed by atoms with Crippen molar-refractivity contribution >= 4 is 33.2 Å². The summed E-state index contributed by atoms with van der Waals surface area (Å²) in [5.74, 6) is 0.779. The lowest BCUT2D eigenvalue weighted by molar-refractivity contribution is -0.133. The molecular formula is C21H22N4O2S. The third-order valence-corrected chi connectivity index (χ3v) is 5.95. The summed E-state index contributed by atoms with van der Waals surface area (Å²) in [4.78, 5) is 15.0. The first-order chi connectivity index (χ1) is 13.6. The van der Waals surface area contributed by atoms with Crippen LogP contribution in [-0.2, 0) is 4.79 Å². The molecule has 144 valence electrons. The molecule has 3 aromatic rings. The molecule has 1 saturated heterocycles. The van der Waals surface area contributed by atoms with Crippen molar-refractivity contribution in [1.82, 2.24) is 10.2 Å². The minimum Gasteiger partial charge on any atom is -0.483 e. The molecule has 0 atom stereocenters. The molecule has 1 aliphatic rings. The lowest BCUT2D eigenvalue weighted by Gasteiger charge is -2.27. The number of piperazine rings is 1. The van der Waals surface area contributed by atoms with E-state index in [1.54, 1.807) is 0 Å². The van der Waals surface area contributed by atoms with Crippen molar-refractivity contribution in [3.8, 4) is 16.9 Å². The highest BCUT2D eigenvalue weighted by atomic mass is 32.1. The van der Waals surface area contributed by atoms with Gasteiger partial charge in [-0.05, 0) is 35.2 Å². The summed E-state index contributed by atoms with van der Waals surface area (Å²) < 4.78 is 6.98. The van der Waals surface area contributed by atoms with E-state index in [0.29, 0.717) is 5.75 Å². The molecule has 4 rings (SSSR count). The molecular weight excluding hydrogens is 372 g/mol. The van der Waals surface area contributed by atoms with E-state index in [1.807, 2.05) is 47.4 Å². The number of hydrogen-bond donors (Lipinski definition) is 3. The van der Waals surface area contributed by atoms with Gasteiger partial charge < -0.3 is 20.7 Å². The van der Waals surface area contributed by atoms with Crippen LogP contribution in [0.25, 0.3) is 21.2 Å². The highest BCUT2D eigenvalue weighted by molar-refractivity contribution is 7.20. The third kappa shape index (κ3) is 3.85. The zero-order valence-electron chi connectivity index (χ0n) is 15.4. The number of fused-ring (bicyclic) bond motifs is 1. The van der Waals surface area contributed by atoms with Crippen LogP contribution in [0.4, 0.5) is 0 Å². The molecule has 0 spiro atoms. The van der Waals surface area contributed by atoms with E-state index in [4.69, 9.17) is 15.9 Å². The first-order valence-corrected chi connectivity index (χ1v) is 10.0. The summed E-state index contributed by atoms with van der Waals surface area (Å²) >= 11 is 1.51. The summed E-state index contributed by atoms with van der Waals surface area (Å²) in [7, 11) is 0. The first kappa shape index (κ1) is 18.5. The summed E-state index contributed by atoms with van der Waals surface area (Å²) in [6.45, 7) is 3.12. The molecule has 28 heavy (non-hydrogen) atoms. The normalized spacial score (nSPS) is 14.2. The van der Waals surface area contributed by atoms with Gasteiger partial charge in [0.05, 0.1) is 4.88 Å². The Balaban J connectivity index is 1.56. The van der Waals surface area contributed by atoms with Gasteiger partial charge in [0.25, 0.3) is 5.91 Å². The van der Waals surface area contributed by atoms with Gasteiger partial charge in [-0.15, -0.1) is 11.3 Å². The fourth-order valence-corrected chi connectivity index (χ4v) is 4.22. The number of amidine groups is 1. The number of nitrogen functional groups attached to an aromatic ring is 1. The smallest absolute Gasteiger partial charge is 0.260 e. The molecule has 1 fully saturated rings. The average Bonchev–Trinajstić information content (AvgIpc) is 3.16. The number of ether oxygens (including phenoxy) is 1. The Bertz CT molecular complexity index is 1020. The minimum absolute atomic E-state index is 0.00990. The molecule has 6 nitrogen and oxygen atoms in total. The molecule has 0 aliphatic carbocycles. The highest BCUT2D eigenvalue weighted by Crippen LogP contribution is 2.34. The molecule has 0 radical (unpaired) electrons. The topological polar surface area (TPSA) is 91.4 Å². The van der Waals surface area contributed by atoms with Crippen molar-refractivity contribution in [3.63, 3.8) is 0 Å². The number of nitrogens with two attached hydrogens (primary N) is 1. The van der Waals surface area contributed by atoms with E-state index in [2.05, 4.69) is 11.4 Å². The average molecular weight is 395 g/mol. The van der Waals surface area contributed by atoms with Crippen molar-refractivity contribution in [3.05, 3.63) is 53.4 Å². The van der Waals surface area contributed by atoms with Crippen LogP contribution in [0.15, 0.2) is 48.5 Å². The number of rotatable bonds is 5. The Hall–Kier alpha value is -2.90. The maximum Gasteiger partial charge on any atom is 0.260 e. The van der Waals surface area contributed by atoms with Gasteiger partial charge >= 0.3 is 0 Å². The molecule has 2 aromatic carbocycles. The molecule has 7 heteroatoms. The second-order valence-electron chi connectivity index (χ2n) is 6.69. The van der Waals surface area contributed by atoms with Gasteiger partial charge in [0.2, 0.25) is 0 Å². The number of carbonyl (C=O) groups is 1. The van der Waals surface area contributed by atoms with E-state index in [-0.39, 0.29) is 18.3 Å². The highest BCUT2D eigenvalue weighted by Gasteiger charge is 2.17. The lowest BCUT2D eigenvalue weighted by Crippen LogP contribution is -2.47. The molecule has 0 bridgehead atoms. The van der Waals surface area contributed by atoms with Crippen molar-refractivity contribution in [2.75, 3.05) is 32.8 Å². The quantitative estimate of drug-likeness (QED) is 0.458. The summed E-state index contributed by atoms with van der Waals surface area (Å²) in [6.07, 6.45) is 0. The van der Waals surface area contributed by atoms with Gasteiger partial charge in [-0.25, -0.2) is 0 Å².